The van der Waals surface area contributed by atoms with Crippen molar-refractivity contribution >= 4 is 16.9 Å². The third-order valence-corrected chi connectivity index (χ3v) is 5.19. The molecule has 4 rings (SSSR count). The van der Waals surface area contributed by atoms with Crippen molar-refractivity contribution in [2.45, 2.75) is 31.9 Å². The monoisotopic (exact) mass is 376 g/mol. The maximum absolute atomic E-state index is 11.2. The summed E-state index contributed by atoms with van der Waals surface area (Å²) in [5, 5.41) is 19.5. The predicted molar refractivity (Wildman–Crippen MR) is 104 cm³/mol. The molecule has 1 aromatic heterocycles. The number of hydrogen-bond donors (Lipinski definition) is 1. The van der Waals surface area contributed by atoms with E-state index in [-0.39, 0.29) is 12.5 Å². The van der Waals surface area contributed by atoms with E-state index in [1.165, 1.54) is 12.8 Å². The van der Waals surface area contributed by atoms with Gasteiger partial charge in [0.15, 0.2) is 0 Å². The highest BCUT2D eigenvalue weighted by molar-refractivity contribution is 5.83. The van der Waals surface area contributed by atoms with Crippen LogP contribution in [-0.4, -0.2) is 22.8 Å². The number of carboxylic acids is 1. The molecule has 1 aliphatic heterocycles. The first-order chi connectivity index (χ1) is 13.6. The van der Waals surface area contributed by atoms with Gasteiger partial charge in [-0.1, -0.05) is 6.07 Å². The summed E-state index contributed by atoms with van der Waals surface area (Å²) in [7, 11) is 1.54. The van der Waals surface area contributed by atoms with Gasteiger partial charge < -0.3 is 19.1 Å². The first-order valence-corrected chi connectivity index (χ1v) is 9.14. The van der Waals surface area contributed by atoms with Gasteiger partial charge >= 0.3 is 5.97 Å². The van der Waals surface area contributed by atoms with E-state index < -0.39 is 5.97 Å². The van der Waals surface area contributed by atoms with Crippen LogP contribution in [0.1, 0.15) is 35.7 Å². The number of fused-ring (bicyclic) bond motifs is 3. The molecule has 1 unspecified atom stereocenters. The second kappa shape index (κ2) is 7.28. The van der Waals surface area contributed by atoms with Gasteiger partial charge in [-0.05, 0) is 48.7 Å². The summed E-state index contributed by atoms with van der Waals surface area (Å²) in [5.41, 5.74) is 3.53. The first-order valence-electron chi connectivity index (χ1n) is 9.14. The number of benzene rings is 2. The van der Waals surface area contributed by atoms with Crippen molar-refractivity contribution in [3.05, 3.63) is 59.3 Å². The molecule has 0 bridgehead atoms. The molecule has 6 heteroatoms. The molecule has 2 heterocycles. The Kier molecular flexibility index (Phi) is 4.66. The number of ether oxygens (including phenoxy) is 2. The average molecular weight is 376 g/mol. The molecule has 0 radical (unpaired) electrons. The SMILES string of the molecule is COc1ccc(COc2ccc3cc4n(c3c2)C(CC(=O)O)CC4)cc1C#N. The van der Waals surface area contributed by atoms with Crippen LogP contribution in [-0.2, 0) is 17.8 Å². The van der Waals surface area contributed by atoms with Gasteiger partial charge in [0.1, 0.15) is 24.2 Å². The summed E-state index contributed by atoms with van der Waals surface area (Å²) in [6.45, 7) is 0.330. The lowest BCUT2D eigenvalue weighted by atomic mass is 10.1. The lowest BCUT2D eigenvalue weighted by Crippen LogP contribution is -2.09. The zero-order valence-corrected chi connectivity index (χ0v) is 15.5. The Morgan fingerprint density at radius 2 is 2.14 bits per heavy atom. The fourth-order valence-corrected chi connectivity index (χ4v) is 3.91. The summed E-state index contributed by atoms with van der Waals surface area (Å²) in [6.07, 6.45) is 1.88. The molecule has 0 amide bonds. The molecule has 1 atom stereocenters. The highest BCUT2D eigenvalue weighted by Gasteiger charge is 2.26. The maximum Gasteiger partial charge on any atom is 0.305 e. The van der Waals surface area contributed by atoms with Crippen molar-refractivity contribution in [3.63, 3.8) is 0 Å². The third kappa shape index (κ3) is 3.27. The molecule has 1 aliphatic rings. The number of hydrogen-bond acceptors (Lipinski definition) is 4. The van der Waals surface area contributed by atoms with Gasteiger partial charge in [-0.15, -0.1) is 0 Å². The number of nitrogens with zero attached hydrogens (tertiary/aromatic N) is 2. The van der Waals surface area contributed by atoms with Crippen molar-refractivity contribution in [2.75, 3.05) is 7.11 Å². The van der Waals surface area contributed by atoms with Gasteiger partial charge in [0.05, 0.1) is 24.6 Å². The molecule has 1 N–H and O–H groups in total. The van der Waals surface area contributed by atoms with Crippen molar-refractivity contribution < 1.29 is 19.4 Å². The number of nitriles is 1. The van der Waals surface area contributed by atoms with E-state index in [1.54, 1.807) is 12.1 Å². The number of aromatic nitrogens is 1. The first kappa shape index (κ1) is 17.9. The molecular weight excluding hydrogens is 356 g/mol. The predicted octanol–water partition coefficient (Wildman–Crippen LogP) is 4.06. The maximum atomic E-state index is 11.2. The summed E-state index contributed by atoms with van der Waals surface area (Å²) in [6, 6.07) is 15.5. The Morgan fingerprint density at radius 1 is 1.29 bits per heavy atom. The molecule has 0 spiro atoms. The Morgan fingerprint density at radius 3 is 2.89 bits per heavy atom. The van der Waals surface area contributed by atoms with Crippen LogP contribution in [0.5, 0.6) is 11.5 Å². The Labute approximate surface area is 162 Å². The van der Waals surface area contributed by atoms with Crippen LogP contribution >= 0.6 is 0 Å². The standard InChI is InChI=1S/C22H20N2O4/c1-27-21-7-2-14(8-16(21)12-23)13-28-19-6-3-15-9-17-4-5-18(10-22(25)26)24(17)20(15)11-19/h2-3,6-9,11,18H,4-5,10,13H2,1H3,(H,25,26). The van der Waals surface area contributed by atoms with Crippen LogP contribution in [0.2, 0.25) is 0 Å². The quantitative estimate of drug-likeness (QED) is 0.701. The van der Waals surface area contributed by atoms with E-state index >= 15 is 0 Å². The van der Waals surface area contributed by atoms with Gasteiger partial charge in [-0.3, -0.25) is 4.79 Å². The minimum atomic E-state index is -0.778. The van der Waals surface area contributed by atoms with Crippen LogP contribution < -0.4 is 9.47 Å². The second-order valence-electron chi connectivity index (χ2n) is 6.95. The summed E-state index contributed by atoms with van der Waals surface area (Å²) < 4.78 is 13.2. The van der Waals surface area contributed by atoms with Gasteiger partial charge in [-0.2, -0.15) is 5.26 Å². The van der Waals surface area contributed by atoms with Gasteiger partial charge in [0.2, 0.25) is 0 Å². The molecule has 3 aromatic rings. The molecule has 28 heavy (non-hydrogen) atoms. The Bertz CT molecular complexity index is 1090. The molecule has 0 saturated heterocycles. The van der Waals surface area contributed by atoms with Crippen molar-refractivity contribution in [1.82, 2.24) is 4.57 Å². The average Bonchev–Trinajstić information content (AvgIpc) is 3.25. The minimum absolute atomic E-state index is 0.0139. The van der Waals surface area contributed by atoms with Gasteiger partial charge in [0.25, 0.3) is 0 Å². The highest BCUT2D eigenvalue weighted by atomic mass is 16.5. The number of aryl methyl sites for hydroxylation is 1. The Hall–Kier alpha value is -3.46. The molecule has 0 saturated carbocycles. The molecule has 0 aliphatic carbocycles. The molecule has 142 valence electrons. The van der Waals surface area contributed by atoms with Crippen molar-refractivity contribution in [1.29, 1.82) is 5.26 Å². The largest absolute Gasteiger partial charge is 0.495 e. The topological polar surface area (TPSA) is 84.5 Å². The normalized spacial score (nSPS) is 15.2. The van der Waals surface area contributed by atoms with Crippen LogP contribution in [0.15, 0.2) is 42.5 Å². The summed E-state index contributed by atoms with van der Waals surface area (Å²) in [4.78, 5) is 11.2. The third-order valence-electron chi connectivity index (χ3n) is 5.19. The van der Waals surface area contributed by atoms with E-state index in [2.05, 4.69) is 16.7 Å². The Balaban J connectivity index is 1.57. The van der Waals surface area contributed by atoms with Crippen LogP contribution in [0.3, 0.4) is 0 Å². The lowest BCUT2D eigenvalue weighted by molar-refractivity contribution is -0.137. The number of carbonyl (C=O) groups is 1. The number of rotatable bonds is 6. The van der Waals surface area contributed by atoms with Crippen LogP contribution in [0.4, 0.5) is 0 Å². The van der Waals surface area contributed by atoms with Gasteiger partial charge in [0, 0.05) is 23.2 Å². The number of aliphatic carboxylic acids is 1. The fourth-order valence-electron chi connectivity index (χ4n) is 3.91. The summed E-state index contributed by atoms with van der Waals surface area (Å²) >= 11 is 0. The molecule has 0 fully saturated rings. The smallest absolute Gasteiger partial charge is 0.305 e. The van der Waals surface area contributed by atoms with E-state index in [4.69, 9.17) is 9.47 Å². The highest BCUT2D eigenvalue weighted by Crippen LogP contribution is 2.36. The van der Waals surface area contributed by atoms with E-state index in [0.29, 0.717) is 23.7 Å². The molecule has 2 aromatic carbocycles. The van der Waals surface area contributed by atoms with Crippen molar-refractivity contribution in [2.24, 2.45) is 0 Å². The summed E-state index contributed by atoms with van der Waals surface area (Å²) in [5.74, 6) is 0.476. The van der Waals surface area contributed by atoms with Crippen LogP contribution in [0.25, 0.3) is 10.9 Å². The van der Waals surface area contributed by atoms with E-state index in [9.17, 15) is 15.2 Å². The number of methoxy groups -OCH3 is 1. The zero-order valence-electron chi connectivity index (χ0n) is 15.5. The minimum Gasteiger partial charge on any atom is -0.495 e. The fraction of sp³-hybridized carbons (Fsp3) is 0.273. The second-order valence-corrected chi connectivity index (χ2v) is 6.95. The van der Waals surface area contributed by atoms with Crippen molar-refractivity contribution in [3.8, 4) is 17.6 Å². The molecular formula is C22H20N2O4. The lowest BCUT2D eigenvalue weighted by Gasteiger charge is -2.14. The number of carboxylic acid groups (broad SMARTS) is 1. The van der Waals surface area contributed by atoms with Crippen LogP contribution in [0, 0.1) is 11.3 Å². The van der Waals surface area contributed by atoms with E-state index in [1.807, 2.05) is 24.3 Å². The molecule has 6 nitrogen and oxygen atoms in total. The zero-order chi connectivity index (χ0) is 19.7. The van der Waals surface area contributed by atoms with E-state index in [0.717, 1.165) is 29.3 Å². The van der Waals surface area contributed by atoms with Gasteiger partial charge in [-0.25, -0.2) is 0 Å².